The number of hydrogen-bond acceptors (Lipinski definition) is 7. The van der Waals surface area contributed by atoms with Gasteiger partial charge >= 0.3 is 0 Å². The number of methoxy groups -OCH3 is 1. The van der Waals surface area contributed by atoms with Gasteiger partial charge in [-0.2, -0.15) is 0 Å². The molecule has 2 amide bonds. The van der Waals surface area contributed by atoms with Crippen LogP contribution in [-0.4, -0.2) is 62.6 Å². The van der Waals surface area contributed by atoms with Crippen LogP contribution >= 0.6 is 23.2 Å². The highest BCUT2D eigenvalue weighted by Gasteiger charge is 2.32. The number of nitrogens with one attached hydrogen (secondary N) is 1. The van der Waals surface area contributed by atoms with E-state index in [4.69, 9.17) is 27.9 Å². The van der Waals surface area contributed by atoms with E-state index in [0.717, 1.165) is 31.2 Å². The summed E-state index contributed by atoms with van der Waals surface area (Å²) in [6.07, 6.45) is 2.45. The summed E-state index contributed by atoms with van der Waals surface area (Å²) in [5, 5.41) is 14.7. The van der Waals surface area contributed by atoms with E-state index in [1.807, 2.05) is 6.92 Å². The Morgan fingerprint density at radius 3 is 2.42 bits per heavy atom. The predicted octanol–water partition coefficient (Wildman–Crippen LogP) is 4.01. The molecule has 0 aliphatic carbocycles. The van der Waals surface area contributed by atoms with Gasteiger partial charge in [-0.3, -0.25) is 24.0 Å². The van der Waals surface area contributed by atoms with Crippen molar-refractivity contribution in [3.63, 3.8) is 0 Å². The van der Waals surface area contributed by atoms with E-state index in [0.29, 0.717) is 21.4 Å². The first-order valence-electron chi connectivity index (χ1n) is 11.6. The lowest BCUT2D eigenvalue weighted by molar-refractivity contribution is -0.384. The van der Waals surface area contributed by atoms with Crippen molar-refractivity contribution >= 4 is 56.4 Å². The van der Waals surface area contributed by atoms with Gasteiger partial charge in [0.1, 0.15) is 24.0 Å². The highest BCUT2D eigenvalue weighted by molar-refractivity contribution is 7.92. The largest absolute Gasteiger partial charge is 0.495 e. The zero-order valence-electron chi connectivity index (χ0n) is 21.4. The number of sulfonamides is 1. The molecule has 1 N–H and O–H groups in total. The number of benzene rings is 2. The number of carbonyl (C=O) groups is 2. The van der Waals surface area contributed by atoms with Crippen molar-refractivity contribution in [2.75, 3.05) is 30.8 Å². The molecule has 208 valence electrons. The monoisotopic (exact) mass is 588 g/mol. The van der Waals surface area contributed by atoms with E-state index in [1.54, 1.807) is 12.1 Å². The van der Waals surface area contributed by atoms with Crippen LogP contribution in [0, 0.1) is 10.1 Å². The van der Waals surface area contributed by atoms with E-state index >= 15 is 0 Å². The van der Waals surface area contributed by atoms with E-state index in [9.17, 15) is 28.1 Å². The maximum absolute atomic E-state index is 13.6. The molecule has 0 saturated heterocycles. The molecular formula is C24H30Cl2N4O7S. The number of unbranched alkanes of at least 4 members (excludes halogenated alkanes) is 1. The molecule has 2 aromatic rings. The smallest absolute Gasteiger partial charge is 0.271 e. The molecule has 2 aromatic carbocycles. The Morgan fingerprint density at radius 1 is 1.18 bits per heavy atom. The van der Waals surface area contributed by atoms with Crippen LogP contribution in [0.3, 0.4) is 0 Å². The second kappa shape index (κ2) is 13.6. The van der Waals surface area contributed by atoms with Crippen LogP contribution < -0.4 is 14.4 Å². The van der Waals surface area contributed by atoms with Gasteiger partial charge < -0.3 is 15.0 Å². The Kier molecular flexibility index (Phi) is 11.2. The third-order valence-corrected chi connectivity index (χ3v) is 7.39. The topological polar surface area (TPSA) is 139 Å². The first kappa shape index (κ1) is 31.1. The molecule has 11 nitrogen and oxygen atoms in total. The number of nitrogens with zero attached hydrogens (tertiary/aromatic N) is 3. The van der Waals surface area contributed by atoms with Gasteiger partial charge in [0.25, 0.3) is 5.69 Å². The molecule has 0 aromatic heterocycles. The van der Waals surface area contributed by atoms with Crippen LogP contribution in [0.4, 0.5) is 11.4 Å². The van der Waals surface area contributed by atoms with Crippen LogP contribution in [-0.2, 0) is 26.2 Å². The number of nitro groups is 1. The Balaban J connectivity index is 2.51. The average Bonchev–Trinajstić information content (AvgIpc) is 2.85. The van der Waals surface area contributed by atoms with Crippen molar-refractivity contribution in [2.24, 2.45) is 0 Å². The zero-order valence-corrected chi connectivity index (χ0v) is 23.8. The predicted molar refractivity (Wildman–Crippen MR) is 146 cm³/mol. The highest BCUT2D eigenvalue weighted by Crippen LogP contribution is 2.34. The zero-order chi connectivity index (χ0) is 28.6. The van der Waals surface area contributed by atoms with E-state index in [1.165, 1.54) is 31.1 Å². The van der Waals surface area contributed by atoms with Crippen LogP contribution in [0.1, 0.15) is 32.3 Å². The lowest BCUT2D eigenvalue weighted by Gasteiger charge is -2.32. The van der Waals surface area contributed by atoms with Gasteiger partial charge in [0.2, 0.25) is 21.8 Å². The maximum Gasteiger partial charge on any atom is 0.271 e. The van der Waals surface area contributed by atoms with Crippen LogP contribution in [0.25, 0.3) is 0 Å². The SMILES string of the molecule is CCCCNC(=O)[C@H](C)N(Cc1ccc(Cl)cc1Cl)C(=O)CN(c1cc([N+](=O)[O-])ccc1OC)S(C)(=O)=O. The first-order chi connectivity index (χ1) is 17.8. The fourth-order valence-corrected chi connectivity index (χ4v) is 4.85. The van der Waals surface area contributed by atoms with Crippen molar-refractivity contribution in [1.29, 1.82) is 0 Å². The molecule has 1 atom stereocenters. The van der Waals surface area contributed by atoms with Gasteiger partial charge in [0.15, 0.2) is 0 Å². The van der Waals surface area contributed by atoms with Gasteiger partial charge in [-0.25, -0.2) is 8.42 Å². The Bertz CT molecular complexity index is 1290. The minimum atomic E-state index is -4.13. The number of anilines is 1. The maximum atomic E-state index is 13.6. The summed E-state index contributed by atoms with van der Waals surface area (Å²) in [5.41, 5.74) is -0.103. The molecule has 0 aliphatic rings. The number of hydrogen-bond donors (Lipinski definition) is 1. The van der Waals surface area contributed by atoms with Gasteiger partial charge in [0.05, 0.1) is 18.3 Å². The average molecular weight is 589 g/mol. The van der Waals surface area contributed by atoms with Gasteiger partial charge in [-0.1, -0.05) is 42.6 Å². The van der Waals surface area contributed by atoms with Crippen molar-refractivity contribution in [3.8, 4) is 5.75 Å². The minimum absolute atomic E-state index is 0.00600. The lowest BCUT2D eigenvalue weighted by Crippen LogP contribution is -2.51. The Labute approximate surface area is 231 Å². The molecule has 0 bridgehead atoms. The Morgan fingerprint density at radius 2 is 1.87 bits per heavy atom. The molecule has 0 radical (unpaired) electrons. The van der Waals surface area contributed by atoms with Gasteiger partial charge in [0, 0.05) is 35.3 Å². The normalized spacial score (nSPS) is 11.9. The second-order valence-electron chi connectivity index (χ2n) is 8.46. The molecular weight excluding hydrogens is 559 g/mol. The summed E-state index contributed by atoms with van der Waals surface area (Å²) in [7, 11) is -2.86. The standard InChI is InChI=1S/C24H30Cl2N4O7S/c1-5-6-11-27-24(32)16(2)28(14-17-7-8-18(25)12-20(17)26)23(31)15-29(38(4,35)36)21-13-19(30(33)34)9-10-22(21)37-3/h7-10,12-13,16H,5-6,11,14-15H2,1-4H3,(H,27,32)/t16-/m0/s1. The third-order valence-electron chi connectivity index (χ3n) is 5.67. The van der Waals surface area contributed by atoms with Crippen LogP contribution in [0.2, 0.25) is 10.0 Å². The number of nitro benzene ring substituents is 1. The molecule has 0 fully saturated rings. The molecule has 0 saturated carbocycles. The van der Waals surface area contributed by atoms with E-state index < -0.39 is 45.0 Å². The van der Waals surface area contributed by atoms with Gasteiger partial charge in [-0.05, 0) is 37.1 Å². The summed E-state index contributed by atoms with van der Waals surface area (Å²) in [6, 6.07) is 7.07. The summed E-state index contributed by atoms with van der Waals surface area (Å²) < 4.78 is 31.5. The fourth-order valence-electron chi connectivity index (χ4n) is 3.53. The second-order valence-corrected chi connectivity index (χ2v) is 11.2. The molecule has 0 aliphatic heterocycles. The number of ether oxygens (including phenoxy) is 1. The molecule has 38 heavy (non-hydrogen) atoms. The van der Waals surface area contributed by atoms with E-state index in [-0.39, 0.29) is 23.0 Å². The molecule has 0 unspecified atom stereocenters. The summed E-state index contributed by atoms with van der Waals surface area (Å²) in [5.74, 6) is -1.17. The first-order valence-corrected chi connectivity index (χ1v) is 14.2. The molecule has 0 heterocycles. The van der Waals surface area contributed by atoms with Crippen molar-refractivity contribution < 1.29 is 27.7 Å². The Hall–Kier alpha value is -3.09. The summed E-state index contributed by atoms with van der Waals surface area (Å²) in [6.45, 7) is 3.01. The summed E-state index contributed by atoms with van der Waals surface area (Å²) >= 11 is 12.3. The number of carbonyl (C=O) groups excluding carboxylic acids is 2. The number of rotatable bonds is 13. The van der Waals surface area contributed by atoms with E-state index in [2.05, 4.69) is 5.32 Å². The molecule has 0 spiro atoms. The molecule has 14 heteroatoms. The number of amides is 2. The summed E-state index contributed by atoms with van der Waals surface area (Å²) in [4.78, 5) is 38.4. The van der Waals surface area contributed by atoms with Gasteiger partial charge in [-0.15, -0.1) is 0 Å². The number of non-ortho nitro benzene ring substituents is 1. The number of halogens is 2. The minimum Gasteiger partial charge on any atom is -0.495 e. The highest BCUT2D eigenvalue weighted by atomic mass is 35.5. The quantitative estimate of drug-likeness (QED) is 0.212. The van der Waals surface area contributed by atoms with Crippen LogP contribution in [0.5, 0.6) is 5.75 Å². The lowest BCUT2D eigenvalue weighted by atomic mass is 10.1. The third kappa shape index (κ3) is 8.20. The molecule has 2 rings (SSSR count). The fraction of sp³-hybridized carbons (Fsp3) is 0.417. The van der Waals surface area contributed by atoms with Crippen molar-refractivity contribution in [2.45, 2.75) is 39.3 Å². The van der Waals surface area contributed by atoms with Crippen LogP contribution in [0.15, 0.2) is 36.4 Å². The van der Waals surface area contributed by atoms with Crippen molar-refractivity contribution in [1.82, 2.24) is 10.2 Å². The van der Waals surface area contributed by atoms with Crippen molar-refractivity contribution in [3.05, 3.63) is 62.1 Å².